The van der Waals surface area contributed by atoms with E-state index in [1.54, 1.807) is 0 Å². The minimum atomic E-state index is -0.802. The van der Waals surface area contributed by atoms with Gasteiger partial charge in [-0.25, -0.2) is 14.8 Å². The predicted octanol–water partition coefficient (Wildman–Crippen LogP) is -0.762. The molecule has 0 fully saturated rings. The fourth-order valence-electron chi connectivity index (χ4n) is 1.12. The number of hydrogen-bond acceptors (Lipinski definition) is 7. The van der Waals surface area contributed by atoms with Gasteiger partial charge >= 0.3 is 5.97 Å². The maximum absolute atomic E-state index is 11.1. The van der Waals surface area contributed by atoms with Gasteiger partial charge in [0.1, 0.15) is 5.82 Å². The molecule has 0 spiro atoms. The zero-order valence-corrected chi connectivity index (χ0v) is 9.80. The molecular weight excluding hydrogens is 224 g/mol. The second-order valence-electron chi connectivity index (χ2n) is 3.22. The van der Waals surface area contributed by atoms with Crippen LogP contribution in [0.3, 0.4) is 0 Å². The minimum Gasteiger partial charge on any atom is -0.465 e. The third-order valence-electron chi connectivity index (χ3n) is 1.98. The number of carbonyl (C=O) groups excluding carboxylic acids is 1. The second-order valence-corrected chi connectivity index (χ2v) is 3.22. The fourth-order valence-corrected chi connectivity index (χ4v) is 1.12. The second kappa shape index (κ2) is 6.89. The lowest BCUT2D eigenvalue weighted by atomic mass is 10.3. The van der Waals surface area contributed by atoms with Crippen LogP contribution >= 0.6 is 0 Å². The van der Waals surface area contributed by atoms with E-state index in [1.807, 2.05) is 6.92 Å². The normalized spacial score (nSPS) is 12.2. The van der Waals surface area contributed by atoms with Crippen molar-refractivity contribution in [2.45, 2.75) is 19.8 Å². The zero-order chi connectivity index (χ0) is 12.7. The Hall–Kier alpha value is -1.57. The summed E-state index contributed by atoms with van der Waals surface area (Å²) < 4.78 is 4.52. The van der Waals surface area contributed by atoms with E-state index in [4.69, 9.17) is 0 Å². The van der Waals surface area contributed by atoms with Crippen molar-refractivity contribution in [3.63, 3.8) is 0 Å². The van der Waals surface area contributed by atoms with E-state index in [2.05, 4.69) is 25.3 Å². The summed E-state index contributed by atoms with van der Waals surface area (Å²) >= 11 is 0. The van der Waals surface area contributed by atoms with Gasteiger partial charge in [0, 0.05) is 12.4 Å². The molecule has 94 valence electrons. The van der Waals surface area contributed by atoms with Crippen LogP contribution in [-0.4, -0.2) is 41.1 Å². The molecule has 1 atom stereocenters. The van der Waals surface area contributed by atoms with Crippen LogP contribution in [0.4, 0.5) is 0 Å². The first-order valence-corrected chi connectivity index (χ1v) is 5.21. The first-order valence-electron chi connectivity index (χ1n) is 5.21. The van der Waals surface area contributed by atoms with Crippen LogP contribution < -0.4 is 10.6 Å². The first kappa shape index (κ1) is 13.5. The van der Waals surface area contributed by atoms with Gasteiger partial charge in [-0.1, -0.05) is 6.92 Å². The number of rotatable bonds is 6. The topological polar surface area (TPSA) is 96.4 Å². The minimum absolute atomic E-state index is 0.295. The van der Waals surface area contributed by atoms with E-state index in [0.29, 0.717) is 24.5 Å². The average Bonchev–Trinajstić information content (AvgIpc) is 2.36. The van der Waals surface area contributed by atoms with Gasteiger partial charge in [0.15, 0.2) is 6.35 Å². The molecule has 0 aliphatic heterocycles. The van der Waals surface area contributed by atoms with Crippen molar-refractivity contribution >= 4 is 5.97 Å². The van der Waals surface area contributed by atoms with Gasteiger partial charge in [0.05, 0.1) is 19.2 Å². The van der Waals surface area contributed by atoms with Gasteiger partial charge in [-0.2, -0.15) is 0 Å². The van der Waals surface area contributed by atoms with Crippen molar-refractivity contribution in [3.05, 3.63) is 23.8 Å². The number of aromatic nitrogens is 2. The van der Waals surface area contributed by atoms with Crippen LogP contribution in [0.2, 0.25) is 0 Å². The Balaban J connectivity index is 2.48. The van der Waals surface area contributed by atoms with Crippen LogP contribution in [0.25, 0.3) is 0 Å². The highest BCUT2D eigenvalue weighted by atomic mass is 16.5. The molecule has 0 amide bonds. The maximum atomic E-state index is 11.1. The number of aliphatic hydroxyl groups is 1. The van der Waals surface area contributed by atoms with Crippen molar-refractivity contribution in [2.75, 3.05) is 13.7 Å². The Labute approximate surface area is 99.2 Å². The van der Waals surface area contributed by atoms with Gasteiger partial charge < -0.3 is 9.84 Å². The SMILES string of the molecule is CCNC(O)NCc1ncc(C(=O)OC)cn1. The molecule has 1 unspecified atom stereocenters. The summed E-state index contributed by atoms with van der Waals surface area (Å²) in [6.07, 6.45) is 1.97. The Bertz CT molecular complexity index is 355. The molecule has 1 aromatic heterocycles. The summed E-state index contributed by atoms with van der Waals surface area (Å²) in [5.41, 5.74) is 0.295. The van der Waals surface area contributed by atoms with Crippen LogP contribution in [0.1, 0.15) is 23.1 Å². The molecular formula is C10H16N4O3. The van der Waals surface area contributed by atoms with Crippen LogP contribution in [-0.2, 0) is 11.3 Å². The molecule has 0 aliphatic rings. The summed E-state index contributed by atoms with van der Waals surface area (Å²) in [5.74, 6) is 0.00630. The third-order valence-corrected chi connectivity index (χ3v) is 1.98. The van der Waals surface area contributed by atoms with Gasteiger partial charge in [-0.15, -0.1) is 0 Å². The number of carbonyl (C=O) groups is 1. The first-order chi connectivity index (χ1) is 8.17. The van der Waals surface area contributed by atoms with E-state index in [9.17, 15) is 9.90 Å². The lowest BCUT2D eigenvalue weighted by molar-refractivity contribution is 0.0599. The average molecular weight is 240 g/mol. The molecule has 0 radical (unpaired) electrons. The predicted molar refractivity (Wildman–Crippen MR) is 59.9 cm³/mol. The van der Waals surface area contributed by atoms with E-state index >= 15 is 0 Å². The molecule has 0 bridgehead atoms. The smallest absolute Gasteiger partial charge is 0.341 e. The molecule has 7 nitrogen and oxygen atoms in total. The molecule has 0 saturated heterocycles. The standard InChI is InChI=1S/C10H16N4O3/c1-3-11-10(16)14-6-8-12-4-7(5-13-8)9(15)17-2/h4-5,10-11,14,16H,3,6H2,1-2H3. The van der Waals surface area contributed by atoms with Crippen molar-refractivity contribution in [2.24, 2.45) is 0 Å². The number of nitrogens with zero attached hydrogens (tertiary/aromatic N) is 2. The summed E-state index contributed by atoms with van der Waals surface area (Å²) in [6, 6.07) is 0. The largest absolute Gasteiger partial charge is 0.465 e. The highest BCUT2D eigenvalue weighted by Gasteiger charge is 2.07. The fraction of sp³-hybridized carbons (Fsp3) is 0.500. The summed E-state index contributed by atoms with van der Waals surface area (Å²) in [7, 11) is 1.30. The Morgan fingerprint density at radius 3 is 2.65 bits per heavy atom. The number of aliphatic hydroxyl groups excluding tert-OH is 1. The van der Waals surface area contributed by atoms with Crippen LogP contribution in [0.15, 0.2) is 12.4 Å². The maximum Gasteiger partial charge on any atom is 0.341 e. The number of hydrogen-bond donors (Lipinski definition) is 3. The third kappa shape index (κ3) is 4.43. The zero-order valence-electron chi connectivity index (χ0n) is 9.80. The molecule has 3 N–H and O–H groups in total. The quantitative estimate of drug-likeness (QED) is 0.444. The van der Waals surface area contributed by atoms with Gasteiger partial charge in [0.2, 0.25) is 0 Å². The molecule has 1 rings (SSSR count). The summed E-state index contributed by atoms with van der Waals surface area (Å²) in [5, 5.41) is 14.9. The number of nitrogens with one attached hydrogen (secondary N) is 2. The molecule has 0 saturated carbocycles. The molecule has 1 aromatic rings. The Kier molecular flexibility index (Phi) is 5.47. The van der Waals surface area contributed by atoms with Crippen LogP contribution in [0, 0.1) is 0 Å². The van der Waals surface area contributed by atoms with Crippen molar-refractivity contribution in [1.82, 2.24) is 20.6 Å². The molecule has 0 aromatic carbocycles. The van der Waals surface area contributed by atoms with E-state index in [1.165, 1.54) is 19.5 Å². The number of ether oxygens (including phenoxy) is 1. The molecule has 7 heteroatoms. The van der Waals surface area contributed by atoms with E-state index in [-0.39, 0.29) is 0 Å². The molecule has 1 heterocycles. The van der Waals surface area contributed by atoms with Gasteiger partial charge in [-0.3, -0.25) is 10.6 Å². The number of esters is 1. The number of methoxy groups -OCH3 is 1. The highest BCUT2D eigenvalue weighted by Crippen LogP contribution is 1.98. The molecule has 0 aliphatic carbocycles. The molecule has 17 heavy (non-hydrogen) atoms. The van der Waals surface area contributed by atoms with E-state index < -0.39 is 12.3 Å². The lowest BCUT2D eigenvalue weighted by Crippen LogP contribution is -2.41. The van der Waals surface area contributed by atoms with Crippen molar-refractivity contribution in [1.29, 1.82) is 0 Å². The van der Waals surface area contributed by atoms with Crippen LogP contribution in [0.5, 0.6) is 0 Å². The summed E-state index contributed by atoms with van der Waals surface area (Å²) in [4.78, 5) is 19.0. The Morgan fingerprint density at radius 1 is 1.47 bits per heavy atom. The van der Waals surface area contributed by atoms with Crippen molar-refractivity contribution in [3.8, 4) is 0 Å². The highest BCUT2D eigenvalue weighted by molar-refractivity contribution is 5.88. The van der Waals surface area contributed by atoms with E-state index in [0.717, 1.165) is 0 Å². The Morgan fingerprint density at radius 2 is 2.12 bits per heavy atom. The monoisotopic (exact) mass is 240 g/mol. The van der Waals surface area contributed by atoms with Gasteiger partial charge in [0.25, 0.3) is 0 Å². The van der Waals surface area contributed by atoms with Gasteiger partial charge in [-0.05, 0) is 6.54 Å². The van der Waals surface area contributed by atoms with Crippen molar-refractivity contribution < 1.29 is 14.6 Å². The lowest BCUT2D eigenvalue weighted by Gasteiger charge is -2.12. The summed E-state index contributed by atoms with van der Waals surface area (Å²) in [6.45, 7) is 2.83.